The van der Waals surface area contributed by atoms with Gasteiger partial charge in [-0.25, -0.2) is 0 Å². The average molecular weight is 647 g/mol. The number of nitrogens with one attached hydrogen (secondary N) is 1. The highest BCUT2D eigenvalue weighted by Crippen LogP contribution is 2.45. The van der Waals surface area contributed by atoms with E-state index in [4.69, 9.17) is 35.4 Å². The number of anilines is 1. The van der Waals surface area contributed by atoms with Crippen LogP contribution in [0.4, 0.5) is 11.4 Å². The molecule has 5 aromatic rings. The van der Waals surface area contributed by atoms with Gasteiger partial charge in [0.25, 0.3) is 5.69 Å². The zero-order chi connectivity index (χ0) is 30.2. The molecule has 7 nitrogen and oxygen atoms in total. The highest BCUT2D eigenvalue weighted by atomic mass is 35.5. The maximum atomic E-state index is 11.0. The predicted octanol–water partition coefficient (Wildman–Crippen LogP) is 9.03. The van der Waals surface area contributed by atoms with Gasteiger partial charge in [0.2, 0.25) is 0 Å². The summed E-state index contributed by atoms with van der Waals surface area (Å²) < 4.78 is 2.13. The van der Waals surface area contributed by atoms with Gasteiger partial charge in [-0.15, -0.1) is 0 Å². The van der Waals surface area contributed by atoms with Crippen LogP contribution in [0.1, 0.15) is 34.7 Å². The number of hydrogen-bond donors (Lipinski definition) is 1. The van der Waals surface area contributed by atoms with E-state index in [-0.39, 0.29) is 17.8 Å². The average Bonchev–Trinajstić information content (AvgIpc) is 3.50. The summed E-state index contributed by atoms with van der Waals surface area (Å²) in [7, 11) is 0. The van der Waals surface area contributed by atoms with Gasteiger partial charge in [0.05, 0.1) is 38.4 Å². The summed E-state index contributed by atoms with van der Waals surface area (Å²) in [5, 5.41) is 16.1. The normalized spacial score (nSPS) is 16.4. The molecule has 216 valence electrons. The molecule has 2 aromatic heterocycles. The van der Waals surface area contributed by atoms with Crippen LogP contribution in [0.15, 0.2) is 107 Å². The Kier molecular flexibility index (Phi) is 8.15. The number of aromatic nitrogens is 2. The molecule has 3 aromatic carbocycles. The number of hydrogen-bond acceptors (Lipinski definition) is 5. The van der Waals surface area contributed by atoms with E-state index in [9.17, 15) is 10.1 Å². The molecule has 1 aliphatic rings. The minimum atomic E-state index is -0.397. The predicted molar refractivity (Wildman–Crippen MR) is 177 cm³/mol. The van der Waals surface area contributed by atoms with Gasteiger partial charge in [-0.2, -0.15) is 0 Å². The third-order valence-corrected chi connectivity index (χ3v) is 9.60. The molecule has 0 radical (unpaired) electrons. The SMILES string of the molecule is Cc1cc([C@@H]2[C@@H](c3ccccn3)NC(=S)N2c2ccc(Sc3ccc([N+](=O)[O-])cc3)cc2)c(C)n1-c1cccc(Cl)c1Cl. The Morgan fingerprint density at radius 1 is 0.953 bits per heavy atom. The minimum Gasteiger partial charge on any atom is -0.351 e. The van der Waals surface area contributed by atoms with Gasteiger partial charge in [-0.3, -0.25) is 15.1 Å². The maximum Gasteiger partial charge on any atom is 0.269 e. The van der Waals surface area contributed by atoms with E-state index in [1.165, 1.54) is 23.9 Å². The number of pyridine rings is 1. The summed E-state index contributed by atoms with van der Waals surface area (Å²) in [6.07, 6.45) is 1.79. The van der Waals surface area contributed by atoms with Gasteiger partial charge in [-0.05, 0) is 98.4 Å². The molecular formula is C32H25Cl2N5O2S2. The van der Waals surface area contributed by atoms with Crippen LogP contribution in [0, 0.1) is 24.0 Å². The number of thiocarbonyl (C=S) groups is 1. The van der Waals surface area contributed by atoms with Gasteiger partial charge < -0.3 is 14.8 Å². The summed E-state index contributed by atoms with van der Waals surface area (Å²) in [5.74, 6) is 0. The molecule has 0 aliphatic carbocycles. The molecule has 1 fully saturated rings. The van der Waals surface area contributed by atoms with Crippen molar-refractivity contribution in [2.45, 2.75) is 35.7 Å². The standard InChI is InChI=1S/C32H25Cl2N5O2S2/c1-19-18-25(20(2)37(19)28-8-5-6-26(33)29(28)34)31-30(27-7-3-4-17-35-27)36-32(42)38(31)21-9-13-23(14-10-21)43-24-15-11-22(12-16-24)39(40)41/h3-18,30-31H,1-2H3,(H,36,42)/t30-,31-/m1/s1. The number of rotatable bonds is 7. The second kappa shape index (κ2) is 12.0. The van der Waals surface area contributed by atoms with Gasteiger partial charge >= 0.3 is 0 Å². The monoisotopic (exact) mass is 645 g/mol. The fraction of sp³-hybridized carbons (Fsp3) is 0.125. The smallest absolute Gasteiger partial charge is 0.269 e. The fourth-order valence-corrected chi connectivity index (χ4v) is 7.06. The zero-order valence-electron chi connectivity index (χ0n) is 23.1. The molecule has 1 saturated heterocycles. The lowest BCUT2D eigenvalue weighted by atomic mass is 9.96. The molecule has 1 aliphatic heterocycles. The Labute approximate surface area is 268 Å². The minimum absolute atomic E-state index is 0.0697. The second-order valence-electron chi connectivity index (χ2n) is 10.1. The van der Waals surface area contributed by atoms with Crippen molar-refractivity contribution in [1.82, 2.24) is 14.9 Å². The molecular weight excluding hydrogens is 621 g/mol. The Balaban J connectivity index is 1.39. The highest BCUT2D eigenvalue weighted by molar-refractivity contribution is 7.99. The van der Waals surface area contributed by atoms with Crippen molar-refractivity contribution >= 4 is 63.7 Å². The molecule has 1 N–H and O–H groups in total. The maximum absolute atomic E-state index is 11.0. The number of halogens is 2. The van der Waals surface area contributed by atoms with Crippen molar-refractivity contribution in [3.8, 4) is 5.69 Å². The topological polar surface area (TPSA) is 76.2 Å². The molecule has 0 unspecified atom stereocenters. The largest absolute Gasteiger partial charge is 0.351 e. The lowest BCUT2D eigenvalue weighted by molar-refractivity contribution is -0.384. The summed E-state index contributed by atoms with van der Waals surface area (Å²) in [5.41, 5.74) is 5.82. The summed E-state index contributed by atoms with van der Waals surface area (Å²) in [4.78, 5) is 19.3. The van der Waals surface area contributed by atoms with Crippen molar-refractivity contribution in [2.24, 2.45) is 0 Å². The number of non-ortho nitro benzene ring substituents is 1. The number of nitro benzene ring substituents is 1. The van der Waals surface area contributed by atoms with Crippen LogP contribution in [0.3, 0.4) is 0 Å². The lowest BCUT2D eigenvalue weighted by Gasteiger charge is -2.28. The number of benzene rings is 3. The Morgan fingerprint density at radius 2 is 1.65 bits per heavy atom. The van der Waals surface area contributed by atoms with Crippen LogP contribution in [0.25, 0.3) is 5.69 Å². The first-order valence-electron chi connectivity index (χ1n) is 13.4. The van der Waals surface area contributed by atoms with Crippen molar-refractivity contribution < 1.29 is 4.92 Å². The van der Waals surface area contributed by atoms with E-state index in [2.05, 4.69) is 39.7 Å². The van der Waals surface area contributed by atoms with E-state index in [1.54, 1.807) is 24.4 Å². The molecule has 3 heterocycles. The van der Waals surface area contributed by atoms with Crippen molar-refractivity contribution in [3.63, 3.8) is 0 Å². The van der Waals surface area contributed by atoms with E-state index in [0.29, 0.717) is 15.2 Å². The molecule has 0 bridgehead atoms. The molecule has 0 spiro atoms. The molecule has 11 heteroatoms. The number of nitrogens with zero attached hydrogens (tertiary/aromatic N) is 4. The molecule has 0 amide bonds. The second-order valence-corrected chi connectivity index (χ2v) is 12.4. The quantitative estimate of drug-likeness (QED) is 0.107. The van der Waals surface area contributed by atoms with Gasteiger partial charge in [0, 0.05) is 45.2 Å². The third kappa shape index (κ3) is 5.61. The first-order valence-corrected chi connectivity index (χ1v) is 15.4. The van der Waals surface area contributed by atoms with Crippen molar-refractivity contribution in [1.29, 1.82) is 0 Å². The first kappa shape index (κ1) is 29.2. The lowest BCUT2D eigenvalue weighted by Crippen LogP contribution is -2.29. The zero-order valence-corrected chi connectivity index (χ0v) is 26.2. The van der Waals surface area contributed by atoms with Crippen LogP contribution in [0.2, 0.25) is 10.0 Å². The van der Waals surface area contributed by atoms with Gasteiger partial charge in [-0.1, -0.05) is 47.1 Å². The Morgan fingerprint density at radius 3 is 2.30 bits per heavy atom. The molecule has 43 heavy (non-hydrogen) atoms. The molecule has 2 atom stereocenters. The van der Waals surface area contributed by atoms with E-state index >= 15 is 0 Å². The van der Waals surface area contributed by atoms with Crippen LogP contribution in [-0.2, 0) is 0 Å². The van der Waals surface area contributed by atoms with Gasteiger partial charge in [0.1, 0.15) is 0 Å². The third-order valence-electron chi connectivity index (χ3n) is 7.46. The van der Waals surface area contributed by atoms with Crippen LogP contribution >= 0.6 is 47.2 Å². The fourth-order valence-electron chi connectivity index (χ4n) is 5.52. The number of aryl methyl sites for hydroxylation is 1. The highest BCUT2D eigenvalue weighted by Gasteiger charge is 2.42. The van der Waals surface area contributed by atoms with Crippen LogP contribution < -0.4 is 10.2 Å². The number of nitro groups is 1. The molecule has 0 saturated carbocycles. The Hall–Kier alpha value is -3.89. The van der Waals surface area contributed by atoms with E-state index in [0.717, 1.165) is 43.8 Å². The van der Waals surface area contributed by atoms with Crippen LogP contribution in [0.5, 0.6) is 0 Å². The molecule has 6 rings (SSSR count). The summed E-state index contributed by atoms with van der Waals surface area (Å²) >= 11 is 20.5. The van der Waals surface area contributed by atoms with E-state index < -0.39 is 4.92 Å². The van der Waals surface area contributed by atoms with Crippen LogP contribution in [-0.4, -0.2) is 19.6 Å². The Bertz CT molecular complexity index is 1830. The van der Waals surface area contributed by atoms with Gasteiger partial charge in [0.15, 0.2) is 5.11 Å². The van der Waals surface area contributed by atoms with Crippen molar-refractivity contribution in [3.05, 3.63) is 140 Å². The van der Waals surface area contributed by atoms with E-state index in [1.807, 2.05) is 54.6 Å². The summed E-state index contributed by atoms with van der Waals surface area (Å²) in [6, 6.07) is 28.0. The van der Waals surface area contributed by atoms with Crippen molar-refractivity contribution in [2.75, 3.05) is 4.90 Å². The summed E-state index contributed by atoms with van der Waals surface area (Å²) in [6.45, 7) is 4.14. The first-order chi connectivity index (χ1) is 20.7.